The van der Waals surface area contributed by atoms with Crippen LogP contribution in [0.25, 0.3) is 11.2 Å². The normalized spacial score (nSPS) is 25.7. The summed E-state index contributed by atoms with van der Waals surface area (Å²) in [7, 11) is -2.82. The van der Waals surface area contributed by atoms with Crippen LogP contribution >= 0.6 is 8.25 Å². The molecule has 2 aromatic heterocycles. The second kappa shape index (κ2) is 5.69. The first-order valence-electron chi connectivity index (χ1n) is 6.26. The van der Waals surface area contributed by atoms with Crippen molar-refractivity contribution in [3.8, 4) is 0 Å². The van der Waals surface area contributed by atoms with E-state index in [9.17, 15) is 13.8 Å². The summed E-state index contributed by atoms with van der Waals surface area (Å²) in [6.45, 7) is -0.355. The summed E-state index contributed by atoms with van der Waals surface area (Å²) in [4.78, 5) is 30.5. The summed E-state index contributed by atoms with van der Waals surface area (Å²) in [6, 6.07) is 0. The van der Waals surface area contributed by atoms with Crippen LogP contribution in [0.2, 0.25) is 0 Å². The first kappa shape index (κ1) is 15.0. The number of hydrogen-bond donors (Lipinski definition) is 3. The number of anilines is 1. The number of H-pyrrole nitrogens is 1. The zero-order valence-corrected chi connectivity index (χ0v) is 11.9. The van der Waals surface area contributed by atoms with E-state index in [-0.39, 0.29) is 30.1 Å². The van der Waals surface area contributed by atoms with Crippen LogP contribution in [0.1, 0.15) is 12.6 Å². The van der Waals surface area contributed by atoms with Crippen molar-refractivity contribution in [2.24, 2.45) is 0 Å². The van der Waals surface area contributed by atoms with E-state index in [1.54, 1.807) is 0 Å². The van der Waals surface area contributed by atoms with E-state index in [0.717, 1.165) is 0 Å². The maximum atomic E-state index is 13.9. The van der Waals surface area contributed by atoms with Crippen molar-refractivity contribution in [3.63, 3.8) is 0 Å². The van der Waals surface area contributed by atoms with E-state index in [2.05, 4.69) is 19.5 Å². The number of nitrogens with one attached hydrogen (secondary N) is 1. The number of aromatic nitrogens is 4. The molecule has 4 atom stereocenters. The number of ether oxygens (including phenoxy) is 1. The Kier molecular flexibility index (Phi) is 3.87. The minimum absolute atomic E-state index is 0.0317. The van der Waals surface area contributed by atoms with Crippen LogP contribution in [-0.4, -0.2) is 43.3 Å². The molecule has 3 heterocycles. The molecule has 0 aliphatic carbocycles. The van der Waals surface area contributed by atoms with Gasteiger partial charge in [-0.05, 0) is 0 Å². The lowest BCUT2D eigenvalue weighted by Gasteiger charge is -2.13. The third-order valence-electron chi connectivity index (χ3n) is 3.27. The molecule has 2 unspecified atom stereocenters. The van der Waals surface area contributed by atoms with E-state index in [1.807, 2.05) is 0 Å². The van der Waals surface area contributed by atoms with Crippen LogP contribution in [0.3, 0.4) is 0 Å². The molecule has 1 aliphatic heterocycles. The molecule has 1 saturated heterocycles. The first-order chi connectivity index (χ1) is 10.5. The molecule has 0 spiro atoms. The van der Waals surface area contributed by atoms with Crippen LogP contribution in [-0.2, 0) is 13.8 Å². The van der Waals surface area contributed by atoms with Crippen LogP contribution in [0, 0.1) is 0 Å². The molecule has 4 N–H and O–H groups in total. The van der Waals surface area contributed by atoms with E-state index in [0.29, 0.717) is 0 Å². The number of rotatable bonds is 4. The van der Waals surface area contributed by atoms with Crippen LogP contribution in [0.15, 0.2) is 11.1 Å². The molecule has 0 saturated carbocycles. The highest BCUT2D eigenvalue weighted by atomic mass is 31.1. The summed E-state index contributed by atoms with van der Waals surface area (Å²) >= 11 is 0. The zero-order chi connectivity index (χ0) is 15.9. The Morgan fingerprint density at radius 1 is 1.68 bits per heavy atom. The van der Waals surface area contributed by atoms with Crippen molar-refractivity contribution in [3.05, 3.63) is 16.7 Å². The Balaban J connectivity index is 1.86. The number of nitrogen functional groups attached to an aromatic ring is 1. The van der Waals surface area contributed by atoms with Crippen molar-refractivity contribution in [2.75, 3.05) is 12.3 Å². The van der Waals surface area contributed by atoms with Gasteiger partial charge in [0.05, 0.1) is 6.33 Å². The van der Waals surface area contributed by atoms with E-state index >= 15 is 0 Å². The van der Waals surface area contributed by atoms with Crippen molar-refractivity contribution < 1.29 is 23.1 Å². The Hall–Kier alpha value is -1.94. The third kappa shape index (κ3) is 2.71. The molecule has 0 bridgehead atoms. The third-order valence-corrected chi connectivity index (χ3v) is 3.64. The van der Waals surface area contributed by atoms with Crippen LogP contribution < -0.4 is 11.3 Å². The average molecular weight is 332 g/mol. The molecule has 0 aromatic carbocycles. The van der Waals surface area contributed by atoms with Crippen molar-refractivity contribution >= 4 is 25.4 Å². The minimum atomic E-state index is -2.82. The molecule has 1 fully saturated rings. The zero-order valence-electron chi connectivity index (χ0n) is 11.0. The van der Waals surface area contributed by atoms with Gasteiger partial charge in [-0.3, -0.25) is 14.3 Å². The van der Waals surface area contributed by atoms with Gasteiger partial charge in [-0.15, -0.1) is 9.42 Å². The molecular weight excluding hydrogens is 320 g/mol. The maximum Gasteiger partial charge on any atom is 0.694 e. The molecule has 1 aliphatic rings. The fourth-order valence-corrected chi connectivity index (χ4v) is 2.58. The number of nitrogens with two attached hydrogens (primary N) is 1. The van der Waals surface area contributed by atoms with Crippen molar-refractivity contribution in [1.82, 2.24) is 19.5 Å². The number of nitrogens with zero attached hydrogens (tertiary/aromatic N) is 3. The standard InChI is InChI=1S/C10H11FN5O5P/c11-4-1-6(21-5(4)2-20-22(18)19)16-3-13-7-8(16)14-10(12)15-9(7)17/h3-6H,1-2H2,(H3-,12,14,15,17,18,19)/p+1/t4-,5?,6-/m1/s1. The largest absolute Gasteiger partial charge is 0.694 e. The number of imidazole rings is 1. The molecule has 12 heteroatoms. The van der Waals surface area contributed by atoms with Crippen LogP contribution in [0.5, 0.6) is 0 Å². The van der Waals surface area contributed by atoms with Gasteiger partial charge in [0.15, 0.2) is 11.2 Å². The van der Waals surface area contributed by atoms with Gasteiger partial charge in [-0.25, -0.2) is 9.37 Å². The van der Waals surface area contributed by atoms with Gasteiger partial charge in [0.25, 0.3) is 5.56 Å². The van der Waals surface area contributed by atoms with Gasteiger partial charge in [0, 0.05) is 11.0 Å². The number of halogens is 1. The fourth-order valence-electron chi connectivity index (χ4n) is 2.30. The van der Waals surface area contributed by atoms with Crippen molar-refractivity contribution in [2.45, 2.75) is 24.9 Å². The van der Waals surface area contributed by atoms with Gasteiger partial charge >= 0.3 is 8.25 Å². The molecule has 0 radical (unpaired) electrons. The second-order valence-corrected chi connectivity index (χ2v) is 5.42. The van der Waals surface area contributed by atoms with Crippen LogP contribution in [0.4, 0.5) is 10.3 Å². The number of alkyl halides is 1. The monoisotopic (exact) mass is 332 g/mol. The average Bonchev–Trinajstić information content (AvgIpc) is 3.00. The number of hydrogen-bond acceptors (Lipinski definition) is 7. The Morgan fingerprint density at radius 2 is 2.45 bits per heavy atom. The molecule has 10 nitrogen and oxygen atoms in total. The molecule has 0 amide bonds. The highest BCUT2D eigenvalue weighted by molar-refractivity contribution is 7.32. The highest BCUT2D eigenvalue weighted by Crippen LogP contribution is 2.33. The van der Waals surface area contributed by atoms with Gasteiger partial charge in [0.2, 0.25) is 5.95 Å². The number of aromatic amines is 1. The molecule has 118 valence electrons. The summed E-state index contributed by atoms with van der Waals surface area (Å²) in [5.74, 6) is -0.0915. The SMILES string of the molecule is Nc1nc2c(ncn2[C@H]2C[C@@H](F)C(CO[P+](=O)O)O2)c(=O)[nH]1. The van der Waals surface area contributed by atoms with Gasteiger partial charge in [-0.1, -0.05) is 0 Å². The Labute approximate surface area is 123 Å². The Morgan fingerprint density at radius 3 is 3.18 bits per heavy atom. The van der Waals surface area contributed by atoms with Gasteiger partial charge in [0.1, 0.15) is 25.1 Å². The summed E-state index contributed by atoms with van der Waals surface area (Å²) in [6.07, 6.45) is -1.88. The Bertz CT molecular complexity index is 779. The lowest BCUT2D eigenvalue weighted by atomic mass is 10.2. The van der Waals surface area contributed by atoms with Gasteiger partial charge < -0.3 is 10.5 Å². The molecule has 2 aromatic rings. The first-order valence-corrected chi connectivity index (χ1v) is 7.39. The predicted octanol–water partition coefficient (Wildman–Crippen LogP) is -0.00630. The van der Waals surface area contributed by atoms with E-state index in [1.165, 1.54) is 10.9 Å². The summed E-state index contributed by atoms with van der Waals surface area (Å²) in [5.41, 5.74) is 5.21. The summed E-state index contributed by atoms with van der Waals surface area (Å²) in [5, 5.41) is 0. The summed E-state index contributed by atoms with van der Waals surface area (Å²) < 4.78 is 35.7. The molecule has 22 heavy (non-hydrogen) atoms. The smallest absolute Gasteiger partial charge is 0.369 e. The lowest BCUT2D eigenvalue weighted by Crippen LogP contribution is -2.22. The van der Waals surface area contributed by atoms with E-state index in [4.69, 9.17) is 15.4 Å². The topological polar surface area (TPSA) is 145 Å². The number of fused-ring (bicyclic) bond motifs is 1. The quantitative estimate of drug-likeness (QED) is 0.663. The molecular formula is C10H12FN5O5P+. The highest BCUT2D eigenvalue weighted by Gasteiger charge is 2.39. The second-order valence-electron chi connectivity index (χ2n) is 4.69. The van der Waals surface area contributed by atoms with E-state index < -0.39 is 32.3 Å². The maximum absolute atomic E-state index is 13.9. The van der Waals surface area contributed by atoms with Crippen molar-refractivity contribution in [1.29, 1.82) is 0 Å². The fraction of sp³-hybridized carbons (Fsp3) is 0.500. The predicted molar refractivity (Wildman–Crippen MR) is 71.8 cm³/mol. The van der Waals surface area contributed by atoms with Gasteiger partial charge in [-0.2, -0.15) is 4.98 Å². The lowest BCUT2D eigenvalue weighted by molar-refractivity contribution is -0.0275. The molecule has 3 rings (SSSR count). The minimum Gasteiger partial charge on any atom is -0.369 e.